The van der Waals surface area contributed by atoms with E-state index in [2.05, 4.69) is 19.5 Å². The Hall–Kier alpha value is -2.93. The molecule has 0 atom stereocenters. The van der Waals surface area contributed by atoms with Crippen LogP contribution >= 0.6 is 0 Å². The minimum absolute atomic E-state index is 0.0920. The highest BCUT2D eigenvalue weighted by molar-refractivity contribution is 5.99. The Morgan fingerprint density at radius 1 is 1.07 bits per heavy atom. The van der Waals surface area contributed by atoms with Gasteiger partial charge in [0.25, 0.3) is 0 Å². The molecular formula is C21H25N3O4. The second-order valence-electron chi connectivity index (χ2n) is 6.73. The standard InChI is InChI=1S/C21H25N3O4/c1-16-13-18(28-15-21(26)27-2)3-4-19(16)20(25)14-23-9-11-24(12-10-23)17-5-7-22-8-6-17/h3-8,13H,9-12,14-15H2,1-2H3. The van der Waals surface area contributed by atoms with Crippen LogP contribution in [-0.4, -0.2) is 68.1 Å². The van der Waals surface area contributed by atoms with E-state index in [-0.39, 0.29) is 12.4 Å². The first-order chi connectivity index (χ1) is 13.6. The van der Waals surface area contributed by atoms with Crippen LogP contribution in [0.3, 0.4) is 0 Å². The van der Waals surface area contributed by atoms with Gasteiger partial charge in [0, 0.05) is 49.8 Å². The molecule has 0 spiro atoms. The van der Waals surface area contributed by atoms with Crippen molar-refractivity contribution in [2.45, 2.75) is 6.92 Å². The number of carbonyl (C=O) groups is 2. The number of aromatic nitrogens is 1. The Bertz CT molecular complexity index is 818. The van der Waals surface area contributed by atoms with Gasteiger partial charge in [-0.2, -0.15) is 0 Å². The molecular weight excluding hydrogens is 358 g/mol. The number of piperazine rings is 1. The van der Waals surface area contributed by atoms with Crippen LogP contribution in [0.1, 0.15) is 15.9 Å². The summed E-state index contributed by atoms with van der Waals surface area (Å²) >= 11 is 0. The highest BCUT2D eigenvalue weighted by Gasteiger charge is 2.20. The summed E-state index contributed by atoms with van der Waals surface area (Å²) in [6, 6.07) is 9.27. The van der Waals surface area contributed by atoms with Crippen LogP contribution in [0, 0.1) is 6.92 Å². The van der Waals surface area contributed by atoms with Crippen LogP contribution in [0.2, 0.25) is 0 Å². The molecule has 0 aliphatic carbocycles. The molecule has 0 saturated carbocycles. The number of aryl methyl sites for hydroxylation is 1. The van der Waals surface area contributed by atoms with Gasteiger partial charge in [-0.25, -0.2) is 4.79 Å². The average Bonchev–Trinajstić information content (AvgIpc) is 2.73. The molecule has 1 fully saturated rings. The van der Waals surface area contributed by atoms with Gasteiger partial charge >= 0.3 is 5.97 Å². The molecule has 1 aromatic carbocycles. The van der Waals surface area contributed by atoms with Crippen molar-refractivity contribution in [2.24, 2.45) is 0 Å². The van der Waals surface area contributed by atoms with Gasteiger partial charge in [0.05, 0.1) is 13.7 Å². The number of anilines is 1. The average molecular weight is 383 g/mol. The van der Waals surface area contributed by atoms with Crippen LogP contribution < -0.4 is 9.64 Å². The zero-order chi connectivity index (χ0) is 19.9. The molecule has 2 aromatic rings. The lowest BCUT2D eigenvalue weighted by molar-refractivity contribution is -0.142. The first-order valence-corrected chi connectivity index (χ1v) is 9.27. The predicted molar refractivity (Wildman–Crippen MR) is 106 cm³/mol. The van der Waals surface area contributed by atoms with Crippen LogP contribution in [-0.2, 0) is 9.53 Å². The summed E-state index contributed by atoms with van der Waals surface area (Å²) in [5.41, 5.74) is 2.68. The van der Waals surface area contributed by atoms with Crippen LogP contribution in [0.5, 0.6) is 5.75 Å². The predicted octanol–water partition coefficient (Wildman–Crippen LogP) is 1.95. The first kappa shape index (κ1) is 19.8. The summed E-state index contributed by atoms with van der Waals surface area (Å²) < 4.78 is 9.93. The van der Waals surface area contributed by atoms with Crippen molar-refractivity contribution in [1.82, 2.24) is 9.88 Å². The number of esters is 1. The van der Waals surface area contributed by atoms with Gasteiger partial charge in [0.1, 0.15) is 5.75 Å². The molecule has 3 rings (SSSR count). The van der Waals surface area contributed by atoms with E-state index >= 15 is 0 Å². The number of pyridine rings is 1. The minimum Gasteiger partial charge on any atom is -0.482 e. The molecule has 2 heterocycles. The molecule has 0 radical (unpaired) electrons. The molecule has 0 bridgehead atoms. The minimum atomic E-state index is -0.441. The number of rotatable bonds is 7. The second-order valence-corrected chi connectivity index (χ2v) is 6.73. The summed E-state index contributed by atoms with van der Waals surface area (Å²) in [4.78, 5) is 32.4. The van der Waals surface area contributed by atoms with Gasteiger partial charge in [-0.3, -0.25) is 14.7 Å². The van der Waals surface area contributed by atoms with Crippen molar-refractivity contribution in [3.05, 3.63) is 53.9 Å². The van der Waals surface area contributed by atoms with Crippen LogP contribution in [0.15, 0.2) is 42.7 Å². The van der Waals surface area contributed by atoms with Crippen molar-refractivity contribution in [3.63, 3.8) is 0 Å². The fourth-order valence-electron chi connectivity index (χ4n) is 3.25. The Balaban J connectivity index is 1.53. The van der Waals surface area contributed by atoms with Crippen LogP contribution in [0.25, 0.3) is 0 Å². The lowest BCUT2D eigenvalue weighted by Gasteiger charge is -2.35. The molecule has 1 saturated heterocycles. The molecule has 1 aliphatic rings. The van der Waals surface area contributed by atoms with E-state index in [1.807, 2.05) is 19.1 Å². The maximum Gasteiger partial charge on any atom is 0.343 e. The molecule has 0 amide bonds. The fraction of sp³-hybridized carbons (Fsp3) is 0.381. The monoisotopic (exact) mass is 383 g/mol. The Morgan fingerprint density at radius 3 is 2.43 bits per heavy atom. The number of Topliss-reactive ketones (excluding diaryl/α,β-unsaturated/α-hetero) is 1. The van der Waals surface area contributed by atoms with Crippen molar-refractivity contribution < 1.29 is 19.1 Å². The number of hydrogen-bond donors (Lipinski definition) is 0. The summed E-state index contributed by atoms with van der Waals surface area (Å²) in [7, 11) is 1.32. The quantitative estimate of drug-likeness (QED) is 0.534. The number of methoxy groups -OCH3 is 1. The highest BCUT2D eigenvalue weighted by Crippen LogP contribution is 2.19. The molecule has 1 aromatic heterocycles. The van der Waals surface area contributed by atoms with Gasteiger partial charge in [0.2, 0.25) is 0 Å². The lowest BCUT2D eigenvalue weighted by atomic mass is 10.0. The summed E-state index contributed by atoms with van der Waals surface area (Å²) in [6.07, 6.45) is 3.60. The third-order valence-corrected chi connectivity index (χ3v) is 4.85. The van der Waals surface area contributed by atoms with Crippen molar-refractivity contribution >= 4 is 17.4 Å². The maximum absolute atomic E-state index is 12.7. The van der Waals surface area contributed by atoms with Gasteiger partial charge in [-0.05, 0) is 42.8 Å². The molecule has 1 aliphatic heterocycles. The number of nitrogens with zero attached hydrogens (tertiary/aromatic N) is 3. The number of ether oxygens (including phenoxy) is 2. The lowest BCUT2D eigenvalue weighted by Crippen LogP contribution is -2.48. The number of benzene rings is 1. The zero-order valence-electron chi connectivity index (χ0n) is 16.3. The van der Waals surface area contributed by atoms with Gasteiger partial charge in [-0.1, -0.05) is 0 Å². The van der Waals surface area contributed by atoms with Crippen molar-refractivity contribution in [1.29, 1.82) is 0 Å². The topological polar surface area (TPSA) is 72.0 Å². The molecule has 0 unspecified atom stereocenters. The third kappa shape index (κ3) is 5.07. The van der Waals surface area contributed by atoms with E-state index in [1.54, 1.807) is 30.6 Å². The third-order valence-electron chi connectivity index (χ3n) is 4.85. The number of ketones is 1. The molecule has 7 nitrogen and oxygen atoms in total. The van der Waals surface area contributed by atoms with E-state index in [1.165, 1.54) is 12.8 Å². The Morgan fingerprint density at radius 2 is 1.79 bits per heavy atom. The van der Waals surface area contributed by atoms with Crippen LogP contribution in [0.4, 0.5) is 5.69 Å². The molecule has 148 valence electrons. The summed E-state index contributed by atoms with van der Waals surface area (Å²) in [5.74, 6) is 0.198. The first-order valence-electron chi connectivity index (χ1n) is 9.27. The van der Waals surface area contributed by atoms with E-state index in [9.17, 15) is 9.59 Å². The maximum atomic E-state index is 12.7. The molecule has 0 N–H and O–H groups in total. The van der Waals surface area contributed by atoms with E-state index < -0.39 is 5.97 Å². The highest BCUT2D eigenvalue weighted by atomic mass is 16.6. The van der Waals surface area contributed by atoms with Gasteiger partial charge in [-0.15, -0.1) is 0 Å². The SMILES string of the molecule is COC(=O)COc1ccc(C(=O)CN2CCN(c3ccncc3)CC2)c(C)c1. The van der Waals surface area contributed by atoms with Gasteiger partial charge < -0.3 is 14.4 Å². The summed E-state index contributed by atoms with van der Waals surface area (Å²) in [5, 5.41) is 0. The van der Waals surface area contributed by atoms with Crippen molar-refractivity contribution in [2.75, 3.05) is 51.3 Å². The van der Waals surface area contributed by atoms with E-state index in [0.29, 0.717) is 17.9 Å². The number of hydrogen-bond acceptors (Lipinski definition) is 7. The van der Waals surface area contributed by atoms with Gasteiger partial charge in [0.15, 0.2) is 12.4 Å². The Labute approximate surface area is 164 Å². The second kappa shape index (κ2) is 9.32. The smallest absolute Gasteiger partial charge is 0.343 e. The van der Waals surface area contributed by atoms with E-state index in [4.69, 9.17) is 4.74 Å². The largest absolute Gasteiger partial charge is 0.482 e. The van der Waals surface area contributed by atoms with E-state index in [0.717, 1.165) is 31.7 Å². The molecule has 28 heavy (non-hydrogen) atoms. The zero-order valence-corrected chi connectivity index (χ0v) is 16.3. The summed E-state index contributed by atoms with van der Waals surface area (Å²) in [6.45, 7) is 5.58. The van der Waals surface area contributed by atoms with Crippen molar-refractivity contribution in [3.8, 4) is 5.75 Å². The molecule has 7 heteroatoms. The Kier molecular flexibility index (Phi) is 6.60. The fourth-order valence-corrected chi connectivity index (χ4v) is 3.25. The number of carbonyl (C=O) groups excluding carboxylic acids is 2. The normalized spacial score (nSPS) is 14.6.